The average Bonchev–Trinajstić information content (AvgIpc) is 3.13. The van der Waals surface area contributed by atoms with E-state index < -0.39 is 5.63 Å². The molecule has 0 bridgehead atoms. The summed E-state index contributed by atoms with van der Waals surface area (Å²) in [6.07, 6.45) is 3.84. The van der Waals surface area contributed by atoms with Crippen LogP contribution in [0, 0.1) is 0 Å². The molecule has 0 saturated heterocycles. The largest absolute Gasteiger partial charge is 0.460 e. The lowest BCUT2D eigenvalue weighted by Gasteiger charge is -2.15. The Morgan fingerprint density at radius 3 is 2.59 bits per heavy atom. The van der Waals surface area contributed by atoms with Gasteiger partial charge in [-0.15, -0.1) is 0 Å². The van der Waals surface area contributed by atoms with Gasteiger partial charge in [0.25, 0.3) is 0 Å². The molecule has 27 heavy (non-hydrogen) atoms. The Labute approximate surface area is 157 Å². The molecule has 1 heterocycles. The topological polar surface area (TPSA) is 56.5 Å². The monoisotopic (exact) mass is 362 g/mol. The van der Waals surface area contributed by atoms with Crippen molar-refractivity contribution < 1.29 is 13.9 Å². The normalized spacial score (nSPS) is 14.1. The minimum atomic E-state index is -0.415. The van der Waals surface area contributed by atoms with E-state index in [1.165, 1.54) is 17.2 Å². The van der Waals surface area contributed by atoms with E-state index >= 15 is 0 Å². The molecule has 1 aromatic heterocycles. The fraction of sp³-hybridized carbons (Fsp3) is 0.304. The van der Waals surface area contributed by atoms with Gasteiger partial charge in [-0.1, -0.05) is 37.3 Å². The van der Waals surface area contributed by atoms with Crippen molar-refractivity contribution in [2.45, 2.75) is 45.1 Å². The number of ether oxygens (including phenoxy) is 1. The Bertz CT molecular complexity index is 1030. The number of hydrogen-bond acceptors (Lipinski definition) is 4. The molecule has 4 nitrogen and oxygen atoms in total. The van der Waals surface area contributed by atoms with Gasteiger partial charge in [-0.05, 0) is 54.5 Å². The van der Waals surface area contributed by atoms with Gasteiger partial charge in [-0.3, -0.25) is 4.79 Å². The van der Waals surface area contributed by atoms with Crippen LogP contribution in [0.25, 0.3) is 11.0 Å². The van der Waals surface area contributed by atoms with Gasteiger partial charge >= 0.3 is 11.6 Å². The molecule has 2 aromatic carbocycles. The van der Waals surface area contributed by atoms with Crippen LogP contribution in [0.5, 0.6) is 0 Å². The van der Waals surface area contributed by atoms with E-state index in [4.69, 9.17) is 9.15 Å². The van der Waals surface area contributed by atoms with Crippen molar-refractivity contribution in [2.24, 2.45) is 0 Å². The fourth-order valence-electron chi connectivity index (χ4n) is 3.89. The highest BCUT2D eigenvalue weighted by Gasteiger charge is 2.21. The summed E-state index contributed by atoms with van der Waals surface area (Å²) in [6.45, 7) is 2.04. The number of aryl methyl sites for hydroxylation is 2. The lowest BCUT2D eigenvalue weighted by molar-refractivity contribution is -0.146. The molecule has 1 aliphatic carbocycles. The third kappa shape index (κ3) is 3.52. The van der Waals surface area contributed by atoms with Gasteiger partial charge in [0, 0.05) is 17.0 Å². The number of fused-ring (bicyclic) bond motifs is 2. The van der Waals surface area contributed by atoms with Crippen LogP contribution in [0.2, 0.25) is 0 Å². The second-order valence-corrected chi connectivity index (χ2v) is 7.04. The molecule has 1 aliphatic rings. The van der Waals surface area contributed by atoms with Crippen molar-refractivity contribution >= 4 is 16.9 Å². The summed E-state index contributed by atoms with van der Waals surface area (Å²) < 4.78 is 11.0. The Balaban J connectivity index is 1.60. The first-order valence-electron chi connectivity index (χ1n) is 9.46. The van der Waals surface area contributed by atoms with Crippen LogP contribution in [0.4, 0.5) is 0 Å². The van der Waals surface area contributed by atoms with Crippen LogP contribution >= 0.6 is 0 Å². The quantitative estimate of drug-likeness (QED) is 0.495. The molecule has 138 valence electrons. The van der Waals surface area contributed by atoms with E-state index in [1.807, 2.05) is 43.3 Å². The molecule has 0 unspecified atom stereocenters. The van der Waals surface area contributed by atoms with E-state index in [1.54, 1.807) is 0 Å². The molecule has 1 atom stereocenters. The standard InChI is InChI=1S/C23H22O4/c1-2-19(15-7-4-3-5-8-15)23(25)26-14-18-13-22(24)27-21-12-17-10-6-9-16(17)11-20(18)21/h3-5,7-8,11-13,19H,2,6,9-10,14H2,1H3/t19-/m0/s1. The summed E-state index contributed by atoms with van der Waals surface area (Å²) in [5.74, 6) is -0.576. The van der Waals surface area contributed by atoms with E-state index in [9.17, 15) is 9.59 Å². The Kier molecular flexibility index (Phi) is 4.80. The zero-order valence-electron chi connectivity index (χ0n) is 15.4. The van der Waals surface area contributed by atoms with Crippen LogP contribution in [0.15, 0.2) is 57.7 Å². The first-order valence-corrected chi connectivity index (χ1v) is 9.46. The zero-order valence-corrected chi connectivity index (χ0v) is 15.4. The van der Waals surface area contributed by atoms with Gasteiger partial charge in [0.1, 0.15) is 12.2 Å². The summed E-state index contributed by atoms with van der Waals surface area (Å²) >= 11 is 0. The number of hydrogen-bond donors (Lipinski definition) is 0. The molecule has 3 aromatic rings. The predicted molar refractivity (Wildman–Crippen MR) is 104 cm³/mol. The molecule has 0 N–H and O–H groups in total. The maximum Gasteiger partial charge on any atom is 0.336 e. The Morgan fingerprint density at radius 1 is 1.11 bits per heavy atom. The number of carbonyl (C=O) groups excluding carboxylic acids is 1. The summed E-state index contributed by atoms with van der Waals surface area (Å²) in [6, 6.07) is 15.1. The minimum Gasteiger partial charge on any atom is -0.460 e. The maximum atomic E-state index is 12.6. The summed E-state index contributed by atoms with van der Waals surface area (Å²) in [7, 11) is 0. The highest BCUT2D eigenvalue weighted by atomic mass is 16.5. The summed E-state index contributed by atoms with van der Waals surface area (Å²) in [4.78, 5) is 24.6. The molecule has 0 radical (unpaired) electrons. The Morgan fingerprint density at radius 2 is 1.85 bits per heavy atom. The van der Waals surface area contributed by atoms with Crippen molar-refractivity contribution in [2.75, 3.05) is 0 Å². The van der Waals surface area contributed by atoms with Crippen LogP contribution in [0.3, 0.4) is 0 Å². The minimum absolute atomic E-state index is 0.0725. The molecular formula is C23H22O4. The van der Waals surface area contributed by atoms with Gasteiger partial charge in [-0.25, -0.2) is 4.79 Å². The van der Waals surface area contributed by atoms with E-state index in [2.05, 4.69) is 6.07 Å². The SMILES string of the molecule is CC[C@H](C(=O)OCc1cc(=O)oc2cc3c(cc12)CCC3)c1ccccc1. The second-order valence-electron chi connectivity index (χ2n) is 7.04. The lowest BCUT2D eigenvalue weighted by Crippen LogP contribution is -2.16. The van der Waals surface area contributed by atoms with Crippen LogP contribution < -0.4 is 5.63 Å². The van der Waals surface area contributed by atoms with Crippen molar-refractivity contribution in [3.05, 3.63) is 81.2 Å². The van der Waals surface area contributed by atoms with Crippen LogP contribution in [0.1, 0.15) is 47.9 Å². The molecule has 0 fully saturated rings. The van der Waals surface area contributed by atoms with Gasteiger partial charge in [-0.2, -0.15) is 0 Å². The van der Waals surface area contributed by atoms with E-state index in [0.29, 0.717) is 17.6 Å². The van der Waals surface area contributed by atoms with Crippen molar-refractivity contribution in [3.8, 4) is 0 Å². The highest BCUT2D eigenvalue weighted by molar-refractivity contribution is 5.83. The third-order valence-electron chi connectivity index (χ3n) is 5.31. The van der Waals surface area contributed by atoms with Gasteiger partial charge in [0.2, 0.25) is 0 Å². The molecule has 4 heteroatoms. The molecule has 4 rings (SSSR count). The van der Waals surface area contributed by atoms with Crippen LogP contribution in [-0.2, 0) is 29.0 Å². The number of rotatable bonds is 5. The molecular weight excluding hydrogens is 340 g/mol. The highest BCUT2D eigenvalue weighted by Crippen LogP contribution is 2.29. The van der Waals surface area contributed by atoms with Gasteiger partial charge in [0.05, 0.1) is 5.92 Å². The summed E-state index contributed by atoms with van der Waals surface area (Å²) in [5.41, 5.74) is 4.34. The molecule has 0 saturated carbocycles. The van der Waals surface area contributed by atoms with Crippen molar-refractivity contribution in [1.82, 2.24) is 0 Å². The van der Waals surface area contributed by atoms with Gasteiger partial charge in [0.15, 0.2) is 0 Å². The van der Waals surface area contributed by atoms with Crippen molar-refractivity contribution in [1.29, 1.82) is 0 Å². The lowest BCUT2D eigenvalue weighted by atomic mass is 9.97. The molecule has 0 aliphatic heterocycles. The number of esters is 1. The van der Waals surface area contributed by atoms with Crippen LogP contribution in [-0.4, -0.2) is 5.97 Å². The van der Waals surface area contributed by atoms with E-state index in [-0.39, 0.29) is 18.5 Å². The smallest absolute Gasteiger partial charge is 0.336 e. The fourth-order valence-corrected chi connectivity index (χ4v) is 3.89. The van der Waals surface area contributed by atoms with Crippen molar-refractivity contribution in [3.63, 3.8) is 0 Å². The number of carbonyl (C=O) groups is 1. The molecule has 0 amide bonds. The maximum absolute atomic E-state index is 12.6. The first kappa shape index (κ1) is 17.5. The first-order chi connectivity index (χ1) is 13.2. The predicted octanol–water partition coefficient (Wildman–Crippen LogP) is 4.52. The zero-order chi connectivity index (χ0) is 18.8. The second kappa shape index (κ2) is 7.39. The van der Waals surface area contributed by atoms with Gasteiger partial charge < -0.3 is 9.15 Å². The Hall–Kier alpha value is -2.88. The average molecular weight is 362 g/mol. The summed E-state index contributed by atoms with van der Waals surface area (Å²) in [5, 5.41) is 0.857. The number of benzene rings is 2. The third-order valence-corrected chi connectivity index (χ3v) is 5.31. The van der Waals surface area contributed by atoms with E-state index in [0.717, 1.165) is 30.2 Å². The molecule has 0 spiro atoms.